The van der Waals surface area contributed by atoms with Gasteiger partial charge in [-0.2, -0.15) is 0 Å². The molecule has 33 heavy (non-hydrogen) atoms. The second kappa shape index (κ2) is 11.0. The molecule has 0 saturated carbocycles. The Morgan fingerprint density at radius 3 is 2.45 bits per heavy atom. The molecule has 3 atom stereocenters. The van der Waals surface area contributed by atoms with Gasteiger partial charge in [-0.25, -0.2) is 4.79 Å². The molecule has 7 nitrogen and oxygen atoms in total. The van der Waals surface area contributed by atoms with Crippen LogP contribution in [0.1, 0.15) is 65.6 Å². The third kappa shape index (κ3) is 6.44. The van der Waals surface area contributed by atoms with Crippen LogP contribution >= 0.6 is 0 Å². The van der Waals surface area contributed by atoms with Crippen molar-refractivity contribution in [3.63, 3.8) is 0 Å². The van der Waals surface area contributed by atoms with Gasteiger partial charge in [0.25, 0.3) is 0 Å². The maximum absolute atomic E-state index is 13.7. The summed E-state index contributed by atoms with van der Waals surface area (Å²) in [6, 6.07) is 6.26. The highest BCUT2D eigenvalue weighted by molar-refractivity contribution is 5.92. The number of benzene rings is 1. The Labute approximate surface area is 197 Å². The molecule has 1 aromatic carbocycles. The number of nitrogens with zero attached hydrogens (tertiary/aromatic N) is 1. The maximum atomic E-state index is 13.7. The molecule has 0 aromatic heterocycles. The molecule has 1 aliphatic heterocycles. The molecule has 0 radical (unpaired) electrons. The maximum Gasteiger partial charge on any atom is 0.333 e. The zero-order valence-corrected chi connectivity index (χ0v) is 21.2. The van der Waals surface area contributed by atoms with Gasteiger partial charge in [0.2, 0.25) is 11.8 Å². The minimum Gasteiger partial charge on any atom is -0.463 e. The first-order valence-electron chi connectivity index (χ1n) is 11.6. The molecule has 1 aromatic rings. The van der Waals surface area contributed by atoms with Crippen molar-refractivity contribution in [1.29, 1.82) is 0 Å². The predicted octanol–water partition coefficient (Wildman–Crippen LogP) is 3.35. The van der Waals surface area contributed by atoms with Crippen LogP contribution in [0.2, 0.25) is 0 Å². The van der Waals surface area contributed by atoms with E-state index in [9.17, 15) is 14.4 Å². The molecule has 0 spiro atoms. The lowest BCUT2D eigenvalue weighted by molar-refractivity contribution is -0.141. The highest BCUT2D eigenvalue weighted by atomic mass is 16.5. The van der Waals surface area contributed by atoms with E-state index in [4.69, 9.17) is 4.74 Å². The monoisotopic (exact) mass is 457 g/mol. The number of hydrogen-bond acceptors (Lipinski definition) is 5. The standard InChI is InChI=1S/C26H39N3O4/c1-9-33-25(32)17(4)14-20(16(2)3)29(8)24(31)22(26(5,6)7)28-23(30)21-19-13-11-10-12-18(19)15-27-21/h10-14,16,20-22,27H,9,15H2,1-8H3,(H,28,30)/b17-14+. The van der Waals surface area contributed by atoms with Crippen LogP contribution < -0.4 is 10.6 Å². The Kier molecular flexibility index (Phi) is 8.83. The van der Waals surface area contributed by atoms with Crippen LogP contribution in [0.4, 0.5) is 0 Å². The molecule has 182 valence electrons. The fraction of sp³-hybridized carbons (Fsp3) is 0.577. The minimum absolute atomic E-state index is 0.0584. The number of esters is 1. The molecule has 0 aliphatic carbocycles. The van der Waals surface area contributed by atoms with Crippen molar-refractivity contribution in [2.24, 2.45) is 11.3 Å². The van der Waals surface area contributed by atoms with Gasteiger partial charge in [-0.05, 0) is 36.3 Å². The molecule has 2 amide bonds. The Morgan fingerprint density at radius 2 is 1.88 bits per heavy atom. The molecule has 2 rings (SSSR count). The number of carbonyl (C=O) groups is 3. The van der Waals surface area contributed by atoms with Crippen LogP contribution in [0.25, 0.3) is 0 Å². The van der Waals surface area contributed by atoms with E-state index >= 15 is 0 Å². The van der Waals surface area contributed by atoms with Crippen molar-refractivity contribution in [2.75, 3.05) is 13.7 Å². The summed E-state index contributed by atoms with van der Waals surface area (Å²) in [5.74, 6) is -0.756. The first-order chi connectivity index (χ1) is 15.4. The van der Waals surface area contributed by atoms with Crippen LogP contribution in [0.3, 0.4) is 0 Å². The van der Waals surface area contributed by atoms with Crippen LogP contribution in [-0.2, 0) is 25.7 Å². The lowest BCUT2D eigenvalue weighted by Gasteiger charge is -2.38. The fourth-order valence-electron chi connectivity index (χ4n) is 4.08. The lowest BCUT2D eigenvalue weighted by atomic mass is 9.84. The molecule has 1 heterocycles. The highest BCUT2D eigenvalue weighted by Crippen LogP contribution is 2.28. The molecular weight excluding hydrogens is 418 g/mol. The number of fused-ring (bicyclic) bond motifs is 1. The SMILES string of the molecule is CCOC(=O)/C(C)=C/C(C(C)C)N(C)C(=O)C(NC(=O)C1NCc2ccccc21)C(C)(C)C. The van der Waals surface area contributed by atoms with E-state index < -0.39 is 23.5 Å². The summed E-state index contributed by atoms with van der Waals surface area (Å²) in [6.45, 7) is 14.2. The third-order valence-corrected chi connectivity index (χ3v) is 6.02. The summed E-state index contributed by atoms with van der Waals surface area (Å²) in [5, 5.41) is 6.25. The van der Waals surface area contributed by atoms with Gasteiger partial charge < -0.3 is 15.0 Å². The van der Waals surface area contributed by atoms with Gasteiger partial charge in [0, 0.05) is 19.2 Å². The second-order valence-electron chi connectivity index (χ2n) is 10.1. The summed E-state index contributed by atoms with van der Waals surface area (Å²) in [6.07, 6.45) is 1.77. The number of nitrogens with one attached hydrogen (secondary N) is 2. The van der Waals surface area contributed by atoms with Gasteiger partial charge in [0.1, 0.15) is 12.1 Å². The van der Waals surface area contributed by atoms with Crippen LogP contribution in [0.5, 0.6) is 0 Å². The van der Waals surface area contributed by atoms with Crippen molar-refractivity contribution in [3.05, 3.63) is 47.0 Å². The van der Waals surface area contributed by atoms with E-state index in [1.165, 1.54) is 0 Å². The van der Waals surface area contributed by atoms with Gasteiger partial charge >= 0.3 is 5.97 Å². The zero-order chi connectivity index (χ0) is 24.9. The second-order valence-corrected chi connectivity index (χ2v) is 10.1. The Morgan fingerprint density at radius 1 is 1.24 bits per heavy atom. The first kappa shape index (κ1) is 26.6. The largest absolute Gasteiger partial charge is 0.463 e. The normalized spacial score (nSPS) is 17.8. The molecule has 1 aliphatic rings. The summed E-state index contributed by atoms with van der Waals surface area (Å²) >= 11 is 0. The van der Waals surface area contributed by atoms with Gasteiger partial charge in [-0.15, -0.1) is 0 Å². The van der Waals surface area contributed by atoms with Crippen molar-refractivity contribution in [3.8, 4) is 0 Å². The molecule has 0 fully saturated rings. The lowest BCUT2D eigenvalue weighted by Crippen LogP contribution is -2.57. The Bertz CT molecular complexity index is 901. The Hall–Kier alpha value is -2.67. The summed E-state index contributed by atoms with van der Waals surface area (Å²) < 4.78 is 5.09. The summed E-state index contributed by atoms with van der Waals surface area (Å²) in [7, 11) is 1.72. The number of amides is 2. The summed E-state index contributed by atoms with van der Waals surface area (Å²) in [4.78, 5) is 40.6. The minimum atomic E-state index is -0.734. The number of rotatable bonds is 8. The van der Waals surface area contributed by atoms with Crippen molar-refractivity contribution in [2.45, 2.75) is 73.1 Å². The summed E-state index contributed by atoms with van der Waals surface area (Å²) in [5.41, 5.74) is 1.98. The van der Waals surface area contributed by atoms with E-state index in [0.29, 0.717) is 18.7 Å². The number of hydrogen-bond donors (Lipinski definition) is 2. The molecule has 0 saturated heterocycles. The molecular formula is C26H39N3O4. The van der Waals surface area contributed by atoms with Crippen LogP contribution in [0.15, 0.2) is 35.9 Å². The molecule has 7 heteroatoms. The molecule has 3 unspecified atom stereocenters. The smallest absolute Gasteiger partial charge is 0.333 e. The molecule has 0 bridgehead atoms. The number of ether oxygens (including phenoxy) is 1. The van der Waals surface area contributed by atoms with Crippen molar-refractivity contribution in [1.82, 2.24) is 15.5 Å². The average molecular weight is 458 g/mol. The Balaban J connectivity index is 2.26. The van der Waals surface area contributed by atoms with E-state index in [0.717, 1.165) is 11.1 Å². The van der Waals surface area contributed by atoms with Gasteiger partial charge in [0.15, 0.2) is 0 Å². The van der Waals surface area contributed by atoms with Crippen LogP contribution in [0, 0.1) is 11.3 Å². The zero-order valence-electron chi connectivity index (χ0n) is 21.2. The fourth-order valence-corrected chi connectivity index (χ4v) is 4.08. The number of carbonyl (C=O) groups excluding carboxylic acids is 3. The van der Waals surface area contributed by atoms with E-state index in [-0.39, 0.29) is 23.8 Å². The van der Waals surface area contributed by atoms with Crippen LogP contribution in [-0.4, -0.2) is 48.4 Å². The van der Waals surface area contributed by atoms with E-state index in [1.807, 2.05) is 58.9 Å². The number of likely N-dealkylation sites (N-methyl/N-ethyl adjacent to an activating group) is 1. The topological polar surface area (TPSA) is 87.7 Å². The van der Waals surface area contributed by atoms with Gasteiger partial charge in [0.05, 0.1) is 12.6 Å². The van der Waals surface area contributed by atoms with E-state index in [2.05, 4.69) is 10.6 Å². The quantitative estimate of drug-likeness (QED) is 0.462. The van der Waals surface area contributed by atoms with Crippen molar-refractivity contribution < 1.29 is 19.1 Å². The average Bonchev–Trinajstić information content (AvgIpc) is 3.18. The first-order valence-corrected chi connectivity index (χ1v) is 11.6. The molecule has 2 N–H and O–H groups in total. The predicted molar refractivity (Wildman–Crippen MR) is 129 cm³/mol. The van der Waals surface area contributed by atoms with Gasteiger partial charge in [-0.3, -0.25) is 14.9 Å². The van der Waals surface area contributed by atoms with Crippen molar-refractivity contribution >= 4 is 17.8 Å². The van der Waals surface area contributed by atoms with Gasteiger partial charge in [-0.1, -0.05) is 65.0 Å². The third-order valence-electron chi connectivity index (χ3n) is 6.02. The van der Waals surface area contributed by atoms with E-state index in [1.54, 1.807) is 31.9 Å². The highest BCUT2D eigenvalue weighted by Gasteiger charge is 2.39.